The summed E-state index contributed by atoms with van der Waals surface area (Å²) in [5, 5.41) is 0. The van der Waals surface area contributed by atoms with Gasteiger partial charge in [-0.25, -0.2) is 0 Å². The number of hydrogen-bond donors (Lipinski definition) is 1. The Hall–Kier alpha value is -0.280. The molecule has 108 valence electrons. The standard InChI is InChI=1S/C14H28N2O.ClH/c1-14(2,3)8-6-13(17)16-10-4-5-12(11-16)7-9-15;/h12H,4-11,15H2,1-3H3;1H. The third-order valence-corrected chi connectivity index (χ3v) is 3.54. The first kappa shape index (κ1) is 17.7. The molecule has 1 fully saturated rings. The van der Waals surface area contributed by atoms with Crippen molar-refractivity contribution in [2.24, 2.45) is 17.1 Å². The van der Waals surface area contributed by atoms with Crippen molar-refractivity contribution in [2.45, 2.75) is 52.9 Å². The summed E-state index contributed by atoms with van der Waals surface area (Å²) in [6.45, 7) is 9.19. The maximum absolute atomic E-state index is 12.1. The molecule has 0 bridgehead atoms. The van der Waals surface area contributed by atoms with Gasteiger partial charge in [0.2, 0.25) is 5.91 Å². The van der Waals surface area contributed by atoms with Crippen molar-refractivity contribution in [1.82, 2.24) is 4.90 Å². The quantitative estimate of drug-likeness (QED) is 0.858. The minimum Gasteiger partial charge on any atom is -0.342 e. The van der Waals surface area contributed by atoms with Gasteiger partial charge < -0.3 is 10.6 Å². The molecule has 1 aliphatic heterocycles. The lowest BCUT2D eigenvalue weighted by Gasteiger charge is -2.33. The Morgan fingerprint density at radius 1 is 1.39 bits per heavy atom. The van der Waals surface area contributed by atoms with Crippen molar-refractivity contribution in [2.75, 3.05) is 19.6 Å². The smallest absolute Gasteiger partial charge is 0.222 e. The summed E-state index contributed by atoms with van der Waals surface area (Å²) in [6.07, 6.45) is 5.11. The average Bonchev–Trinajstić information content (AvgIpc) is 2.26. The van der Waals surface area contributed by atoms with E-state index < -0.39 is 0 Å². The molecule has 4 heteroatoms. The summed E-state index contributed by atoms with van der Waals surface area (Å²) in [4.78, 5) is 14.1. The second-order valence-corrected chi connectivity index (χ2v) is 6.49. The molecule has 0 spiro atoms. The van der Waals surface area contributed by atoms with Crippen molar-refractivity contribution < 1.29 is 4.79 Å². The predicted molar refractivity (Wildman–Crippen MR) is 78.9 cm³/mol. The zero-order valence-corrected chi connectivity index (χ0v) is 12.9. The Balaban J connectivity index is 0.00000289. The molecule has 0 aromatic heterocycles. The van der Waals surface area contributed by atoms with Crippen LogP contribution in [-0.2, 0) is 4.79 Å². The van der Waals surface area contributed by atoms with Crippen LogP contribution in [0.1, 0.15) is 52.9 Å². The Bertz CT molecular complexity index is 249. The van der Waals surface area contributed by atoms with Crippen LogP contribution in [0.4, 0.5) is 0 Å². The number of halogens is 1. The molecule has 1 heterocycles. The first-order valence-electron chi connectivity index (χ1n) is 6.90. The van der Waals surface area contributed by atoms with E-state index in [9.17, 15) is 4.79 Å². The Kier molecular flexibility index (Phi) is 7.88. The van der Waals surface area contributed by atoms with E-state index in [0.29, 0.717) is 18.2 Å². The molecule has 1 rings (SSSR count). The second kappa shape index (κ2) is 8.00. The van der Waals surface area contributed by atoms with Crippen LogP contribution in [-0.4, -0.2) is 30.4 Å². The summed E-state index contributed by atoms with van der Waals surface area (Å²) in [5.41, 5.74) is 5.85. The van der Waals surface area contributed by atoms with Crippen LogP contribution in [0.5, 0.6) is 0 Å². The molecule has 0 radical (unpaired) electrons. The molecule has 1 saturated heterocycles. The normalized spacial score (nSPS) is 20.4. The summed E-state index contributed by atoms with van der Waals surface area (Å²) in [7, 11) is 0. The SMILES string of the molecule is CC(C)(C)CCC(=O)N1CCCC(CCN)C1.Cl. The van der Waals surface area contributed by atoms with Gasteiger partial charge in [0.25, 0.3) is 0 Å². The van der Waals surface area contributed by atoms with Crippen LogP contribution >= 0.6 is 12.4 Å². The van der Waals surface area contributed by atoms with Gasteiger partial charge in [-0.3, -0.25) is 4.79 Å². The molecule has 18 heavy (non-hydrogen) atoms. The highest BCUT2D eigenvalue weighted by molar-refractivity contribution is 5.85. The maximum Gasteiger partial charge on any atom is 0.222 e. The summed E-state index contributed by atoms with van der Waals surface area (Å²) >= 11 is 0. The zero-order valence-electron chi connectivity index (χ0n) is 12.1. The van der Waals surface area contributed by atoms with Gasteiger partial charge in [-0.2, -0.15) is 0 Å². The summed E-state index contributed by atoms with van der Waals surface area (Å²) in [5.74, 6) is 0.967. The van der Waals surface area contributed by atoms with Crippen molar-refractivity contribution in [1.29, 1.82) is 0 Å². The fourth-order valence-corrected chi connectivity index (χ4v) is 2.40. The summed E-state index contributed by atoms with van der Waals surface area (Å²) < 4.78 is 0. The number of hydrogen-bond acceptors (Lipinski definition) is 2. The molecular formula is C14H29ClN2O. The van der Waals surface area contributed by atoms with Gasteiger partial charge in [0.1, 0.15) is 0 Å². The highest BCUT2D eigenvalue weighted by Gasteiger charge is 2.23. The van der Waals surface area contributed by atoms with Crippen molar-refractivity contribution >= 4 is 18.3 Å². The van der Waals surface area contributed by atoms with Crippen LogP contribution in [0.25, 0.3) is 0 Å². The van der Waals surface area contributed by atoms with Gasteiger partial charge in [0.15, 0.2) is 0 Å². The molecule has 0 aromatic carbocycles. The van der Waals surface area contributed by atoms with Crippen LogP contribution in [0.15, 0.2) is 0 Å². The number of amides is 1. The van der Waals surface area contributed by atoms with Gasteiger partial charge >= 0.3 is 0 Å². The maximum atomic E-state index is 12.1. The number of piperidine rings is 1. The van der Waals surface area contributed by atoms with Crippen LogP contribution in [0.2, 0.25) is 0 Å². The van der Waals surface area contributed by atoms with Crippen molar-refractivity contribution in [3.05, 3.63) is 0 Å². The molecule has 2 N–H and O–H groups in total. The van der Waals surface area contributed by atoms with Crippen LogP contribution in [0.3, 0.4) is 0 Å². The first-order chi connectivity index (χ1) is 7.92. The lowest BCUT2D eigenvalue weighted by Crippen LogP contribution is -2.40. The third kappa shape index (κ3) is 6.60. The molecule has 1 unspecified atom stereocenters. The van der Waals surface area contributed by atoms with E-state index in [0.717, 1.165) is 38.9 Å². The largest absolute Gasteiger partial charge is 0.342 e. The molecule has 1 aliphatic rings. The Morgan fingerprint density at radius 2 is 2.06 bits per heavy atom. The minimum absolute atomic E-state index is 0. The van der Waals surface area contributed by atoms with Gasteiger partial charge in [-0.05, 0) is 43.6 Å². The van der Waals surface area contributed by atoms with Gasteiger partial charge in [-0.15, -0.1) is 12.4 Å². The van der Waals surface area contributed by atoms with E-state index in [4.69, 9.17) is 5.73 Å². The lowest BCUT2D eigenvalue weighted by atomic mass is 9.89. The van der Waals surface area contributed by atoms with E-state index in [2.05, 4.69) is 25.7 Å². The topological polar surface area (TPSA) is 46.3 Å². The number of carbonyl (C=O) groups is 1. The van der Waals surface area contributed by atoms with Crippen molar-refractivity contribution in [3.8, 4) is 0 Å². The van der Waals surface area contributed by atoms with E-state index >= 15 is 0 Å². The monoisotopic (exact) mass is 276 g/mol. The molecule has 0 aliphatic carbocycles. The number of nitrogens with zero attached hydrogens (tertiary/aromatic N) is 1. The first-order valence-corrected chi connectivity index (χ1v) is 6.90. The number of nitrogens with two attached hydrogens (primary N) is 1. The minimum atomic E-state index is 0. The molecule has 1 amide bonds. The molecule has 3 nitrogen and oxygen atoms in total. The highest BCUT2D eigenvalue weighted by atomic mass is 35.5. The number of carbonyl (C=O) groups excluding carboxylic acids is 1. The van der Waals surface area contributed by atoms with Gasteiger partial charge in [0.05, 0.1) is 0 Å². The lowest BCUT2D eigenvalue weighted by molar-refractivity contribution is -0.133. The molecule has 1 atom stereocenters. The zero-order chi connectivity index (χ0) is 12.9. The molecule has 0 saturated carbocycles. The predicted octanol–water partition coefficient (Wildman–Crippen LogP) is 2.82. The fourth-order valence-electron chi connectivity index (χ4n) is 2.40. The summed E-state index contributed by atoms with van der Waals surface area (Å²) in [6, 6.07) is 0. The molecular weight excluding hydrogens is 248 g/mol. The van der Waals surface area contributed by atoms with E-state index in [1.54, 1.807) is 0 Å². The highest BCUT2D eigenvalue weighted by Crippen LogP contribution is 2.23. The van der Waals surface area contributed by atoms with Gasteiger partial charge in [0, 0.05) is 19.5 Å². The van der Waals surface area contributed by atoms with Crippen LogP contribution in [0, 0.1) is 11.3 Å². The van der Waals surface area contributed by atoms with Gasteiger partial charge in [-0.1, -0.05) is 20.8 Å². The van der Waals surface area contributed by atoms with E-state index in [-0.39, 0.29) is 17.8 Å². The fraction of sp³-hybridized carbons (Fsp3) is 0.929. The third-order valence-electron chi connectivity index (χ3n) is 3.54. The van der Waals surface area contributed by atoms with Crippen LogP contribution < -0.4 is 5.73 Å². The average molecular weight is 277 g/mol. The number of rotatable bonds is 4. The molecule has 0 aromatic rings. The van der Waals surface area contributed by atoms with Crippen molar-refractivity contribution in [3.63, 3.8) is 0 Å². The van der Waals surface area contributed by atoms with E-state index in [1.165, 1.54) is 6.42 Å². The Labute approximate surface area is 118 Å². The second-order valence-electron chi connectivity index (χ2n) is 6.49. The van der Waals surface area contributed by atoms with E-state index in [1.807, 2.05) is 0 Å². The Morgan fingerprint density at radius 3 is 2.61 bits per heavy atom. The number of likely N-dealkylation sites (tertiary alicyclic amines) is 1.